The first kappa shape index (κ1) is 23.4. The van der Waals surface area contributed by atoms with Crippen molar-refractivity contribution in [3.8, 4) is 5.75 Å². The molecule has 0 aliphatic heterocycles. The maximum Gasteiger partial charge on any atom is 0.251 e. The molecule has 0 bridgehead atoms. The van der Waals surface area contributed by atoms with E-state index >= 15 is 0 Å². The Kier molecular flexibility index (Phi) is 8.41. The number of benzene rings is 2. The quantitative estimate of drug-likeness (QED) is 0.532. The Morgan fingerprint density at radius 1 is 1.00 bits per heavy atom. The highest BCUT2D eigenvalue weighted by Gasteiger charge is 2.25. The van der Waals surface area contributed by atoms with Crippen molar-refractivity contribution in [2.24, 2.45) is 5.92 Å². The Morgan fingerprint density at radius 3 is 2.23 bits per heavy atom. The van der Waals surface area contributed by atoms with Crippen LogP contribution in [0.2, 0.25) is 0 Å². The van der Waals surface area contributed by atoms with Gasteiger partial charge in [0.25, 0.3) is 5.91 Å². The SMILES string of the molecule is CCOc1ccc(C(=O)NC(C(=O)Nc2cc(Br)ccc2NC(C)=O)C(C)C)cc1. The predicted octanol–water partition coefficient (Wildman–Crippen LogP) is 4.20. The highest BCUT2D eigenvalue weighted by atomic mass is 79.9. The van der Waals surface area contributed by atoms with E-state index in [2.05, 4.69) is 31.9 Å². The van der Waals surface area contributed by atoms with Crippen LogP contribution in [-0.4, -0.2) is 30.4 Å². The summed E-state index contributed by atoms with van der Waals surface area (Å²) in [5.41, 5.74) is 1.34. The lowest BCUT2D eigenvalue weighted by atomic mass is 10.0. The van der Waals surface area contributed by atoms with Crippen molar-refractivity contribution in [1.82, 2.24) is 5.32 Å². The van der Waals surface area contributed by atoms with Crippen molar-refractivity contribution in [2.45, 2.75) is 33.7 Å². The van der Waals surface area contributed by atoms with E-state index in [0.29, 0.717) is 29.3 Å². The van der Waals surface area contributed by atoms with Gasteiger partial charge in [0.1, 0.15) is 11.8 Å². The summed E-state index contributed by atoms with van der Waals surface area (Å²) in [7, 11) is 0. The van der Waals surface area contributed by atoms with Crippen LogP contribution in [0, 0.1) is 5.92 Å². The summed E-state index contributed by atoms with van der Waals surface area (Å²) in [6.07, 6.45) is 0. The van der Waals surface area contributed by atoms with E-state index in [0.717, 1.165) is 4.47 Å². The second-order valence-corrected chi connectivity index (χ2v) is 7.93. The van der Waals surface area contributed by atoms with Crippen LogP contribution in [0.4, 0.5) is 11.4 Å². The Bertz CT molecular complexity index is 913. The van der Waals surface area contributed by atoms with Crippen LogP contribution in [0.5, 0.6) is 5.75 Å². The molecule has 0 aromatic heterocycles. The summed E-state index contributed by atoms with van der Waals surface area (Å²) in [5, 5.41) is 8.27. The molecule has 3 amide bonds. The van der Waals surface area contributed by atoms with Gasteiger partial charge in [-0.2, -0.15) is 0 Å². The van der Waals surface area contributed by atoms with E-state index in [4.69, 9.17) is 4.74 Å². The fraction of sp³-hybridized carbons (Fsp3) is 0.318. The average molecular weight is 476 g/mol. The van der Waals surface area contributed by atoms with Gasteiger partial charge in [-0.3, -0.25) is 14.4 Å². The van der Waals surface area contributed by atoms with Crippen molar-refractivity contribution >= 4 is 45.0 Å². The van der Waals surface area contributed by atoms with E-state index in [1.54, 1.807) is 42.5 Å². The first-order chi connectivity index (χ1) is 14.2. The van der Waals surface area contributed by atoms with Gasteiger partial charge in [0.05, 0.1) is 18.0 Å². The largest absolute Gasteiger partial charge is 0.494 e. The topological polar surface area (TPSA) is 96.5 Å². The number of rotatable bonds is 8. The smallest absolute Gasteiger partial charge is 0.251 e. The first-order valence-electron chi connectivity index (χ1n) is 9.63. The van der Waals surface area contributed by atoms with Crippen molar-refractivity contribution in [1.29, 1.82) is 0 Å². The van der Waals surface area contributed by atoms with Gasteiger partial charge in [0, 0.05) is 17.0 Å². The molecule has 0 fully saturated rings. The fourth-order valence-corrected chi connectivity index (χ4v) is 3.12. The van der Waals surface area contributed by atoms with Gasteiger partial charge in [-0.05, 0) is 55.3 Å². The van der Waals surface area contributed by atoms with Gasteiger partial charge >= 0.3 is 0 Å². The standard InChI is InChI=1S/C22H26BrN3O4/c1-5-30-17-9-6-15(7-10-17)21(28)26-20(13(2)3)22(29)25-19-12-16(23)8-11-18(19)24-14(4)27/h6-13,20H,5H2,1-4H3,(H,24,27)(H,25,29)(H,26,28). The summed E-state index contributed by atoms with van der Waals surface area (Å²) in [5.74, 6) is -0.477. The number of hydrogen-bond donors (Lipinski definition) is 3. The molecular weight excluding hydrogens is 450 g/mol. The highest BCUT2D eigenvalue weighted by Crippen LogP contribution is 2.26. The molecule has 1 atom stereocenters. The minimum Gasteiger partial charge on any atom is -0.494 e. The van der Waals surface area contributed by atoms with Crippen LogP contribution in [0.15, 0.2) is 46.9 Å². The van der Waals surface area contributed by atoms with Crippen molar-refractivity contribution in [3.63, 3.8) is 0 Å². The third-order valence-electron chi connectivity index (χ3n) is 4.21. The van der Waals surface area contributed by atoms with Crippen LogP contribution < -0.4 is 20.7 Å². The molecule has 0 aliphatic carbocycles. The predicted molar refractivity (Wildman–Crippen MR) is 121 cm³/mol. The van der Waals surface area contributed by atoms with E-state index < -0.39 is 6.04 Å². The van der Waals surface area contributed by atoms with Crippen molar-refractivity contribution in [2.75, 3.05) is 17.2 Å². The molecule has 2 aromatic carbocycles. The average Bonchev–Trinajstić information content (AvgIpc) is 2.68. The number of nitrogens with one attached hydrogen (secondary N) is 3. The fourth-order valence-electron chi connectivity index (χ4n) is 2.76. The third-order valence-corrected chi connectivity index (χ3v) is 4.71. The zero-order chi connectivity index (χ0) is 22.3. The van der Waals surface area contributed by atoms with Gasteiger partial charge in [-0.25, -0.2) is 0 Å². The number of ether oxygens (including phenoxy) is 1. The molecule has 0 aliphatic rings. The van der Waals surface area contributed by atoms with Crippen molar-refractivity contribution < 1.29 is 19.1 Å². The van der Waals surface area contributed by atoms with E-state index in [9.17, 15) is 14.4 Å². The Morgan fingerprint density at radius 2 is 1.67 bits per heavy atom. The monoisotopic (exact) mass is 475 g/mol. The number of amides is 3. The van der Waals surface area contributed by atoms with E-state index in [-0.39, 0.29) is 23.6 Å². The molecule has 2 aromatic rings. The minimum atomic E-state index is -0.770. The maximum atomic E-state index is 12.9. The first-order valence-corrected chi connectivity index (χ1v) is 10.4. The lowest BCUT2D eigenvalue weighted by molar-refractivity contribution is -0.119. The molecule has 7 nitrogen and oxygen atoms in total. The van der Waals surface area contributed by atoms with Crippen LogP contribution in [-0.2, 0) is 9.59 Å². The molecule has 8 heteroatoms. The summed E-state index contributed by atoms with van der Waals surface area (Å²) < 4.78 is 6.13. The second kappa shape index (κ2) is 10.8. The lowest BCUT2D eigenvalue weighted by Gasteiger charge is -2.23. The van der Waals surface area contributed by atoms with Gasteiger partial charge in [-0.15, -0.1) is 0 Å². The molecule has 0 radical (unpaired) electrons. The van der Waals surface area contributed by atoms with Gasteiger partial charge in [0.15, 0.2) is 0 Å². The number of carbonyl (C=O) groups is 3. The summed E-state index contributed by atoms with van der Waals surface area (Å²) in [4.78, 5) is 37.0. The number of halogens is 1. The molecule has 30 heavy (non-hydrogen) atoms. The molecule has 1 unspecified atom stereocenters. The summed E-state index contributed by atoms with van der Waals surface area (Å²) in [6.45, 7) is 7.50. The number of anilines is 2. The van der Waals surface area contributed by atoms with Crippen molar-refractivity contribution in [3.05, 3.63) is 52.5 Å². The molecular formula is C22H26BrN3O4. The number of hydrogen-bond acceptors (Lipinski definition) is 4. The molecule has 0 heterocycles. The van der Waals surface area contributed by atoms with Gasteiger partial charge in [-0.1, -0.05) is 29.8 Å². The van der Waals surface area contributed by atoms with E-state index in [1.807, 2.05) is 20.8 Å². The molecule has 3 N–H and O–H groups in total. The minimum absolute atomic E-state index is 0.159. The molecule has 0 spiro atoms. The molecule has 0 saturated carbocycles. The van der Waals surface area contributed by atoms with E-state index in [1.165, 1.54) is 6.92 Å². The van der Waals surface area contributed by atoms with Crippen LogP contribution >= 0.6 is 15.9 Å². The normalized spacial score (nSPS) is 11.5. The maximum absolute atomic E-state index is 12.9. The highest BCUT2D eigenvalue weighted by molar-refractivity contribution is 9.10. The second-order valence-electron chi connectivity index (χ2n) is 7.01. The van der Waals surface area contributed by atoms with Crippen LogP contribution in [0.25, 0.3) is 0 Å². The van der Waals surface area contributed by atoms with Crippen LogP contribution in [0.3, 0.4) is 0 Å². The van der Waals surface area contributed by atoms with Crippen LogP contribution in [0.1, 0.15) is 38.1 Å². The van der Waals surface area contributed by atoms with Gasteiger partial charge in [0.2, 0.25) is 11.8 Å². The molecule has 0 saturated heterocycles. The number of carbonyl (C=O) groups excluding carboxylic acids is 3. The van der Waals surface area contributed by atoms with Gasteiger partial charge < -0.3 is 20.7 Å². The third kappa shape index (κ3) is 6.59. The Balaban J connectivity index is 2.16. The zero-order valence-electron chi connectivity index (χ0n) is 17.4. The summed E-state index contributed by atoms with van der Waals surface area (Å²) in [6, 6.07) is 11.1. The Hall–Kier alpha value is -2.87. The lowest BCUT2D eigenvalue weighted by Crippen LogP contribution is -2.47. The summed E-state index contributed by atoms with van der Waals surface area (Å²) >= 11 is 3.36. The zero-order valence-corrected chi connectivity index (χ0v) is 19.0. The molecule has 160 valence electrons. The molecule has 2 rings (SSSR count). The Labute approximate surface area is 184 Å².